The topological polar surface area (TPSA) is 75.9 Å². The van der Waals surface area contributed by atoms with Crippen molar-refractivity contribution in [1.29, 1.82) is 0 Å². The molecule has 4 rings (SSSR count). The van der Waals surface area contributed by atoms with Crippen molar-refractivity contribution in [3.63, 3.8) is 0 Å². The van der Waals surface area contributed by atoms with Crippen LogP contribution >= 0.6 is 0 Å². The Morgan fingerprint density at radius 1 is 1.07 bits per heavy atom. The van der Waals surface area contributed by atoms with E-state index in [1.807, 2.05) is 54.9 Å². The maximum Gasteiger partial charge on any atom is 0.227 e. The first-order valence-electron chi connectivity index (χ1n) is 9.55. The van der Waals surface area contributed by atoms with Gasteiger partial charge in [0.1, 0.15) is 23.8 Å². The van der Waals surface area contributed by atoms with Gasteiger partial charge in [-0.25, -0.2) is 15.0 Å². The second-order valence-corrected chi connectivity index (χ2v) is 7.20. The molecule has 3 aromatic rings. The number of amides is 1. The molecular formula is C21H24N6O. The van der Waals surface area contributed by atoms with Crippen LogP contribution in [0.15, 0.2) is 49.1 Å². The van der Waals surface area contributed by atoms with E-state index in [1.54, 1.807) is 12.5 Å². The number of hydrogen-bond donors (Lipinski definition) is 1. The van der Waals surface area contributed by atoms with Gasteiger partial charge in [-0.1, -0.05) is 12.1 Å². The summed E-state index contributed by atoms with van der Waals surface area (Å²) in [4.78, 5) is 27.9. The molecule has 0 atom stereocenters. The molecule has 0 radical (unpaired) electrons. The van der Waals surface area contributed by atoms with Crippen LogP contribution in [0.25, 0.3) is 5.82 Å². The molecule has 3 heterocycles. The number of carbonyl (C=O) groups excluding carboxylic acids is 1. The molecule has 1 saturated heterocycles. The van der Waals surface area contributed by atoms with E-state index in [2.05, 4.69) is 25.2 Å². The Hall–Kier alpha value is -3.22. The van der Waals surface area contributed by atoms with Crippen LogP contribution in [0.4, 0.5) is 11.5 Å². The van der Waals surface area contributed by atoms with Gasteiger partial charge in [0.2, 0.25) is 5.91 Å². The Balaban J connectivity index is 1.39. The summed E-state index contributed by atoms with van der Waals surface area (Å²) in [6.45, 7) is 5.56. The third kappa shape index (κ3) is 3.88. The van der Waals surface area contributed by atoms with Crippen LogP contribution in [0.5, 0.6) is 0 Å². The molecule has 7 heteroatoms. The third-order valence-electron chi connectivity index (χ3n) is 5.19. The van der Waals surface area contributed by atoms with E-state index in [9.17, 15) is 4.79 Å². The summed E-state index contributed by atoms with van der Waals surface area (Å²) in [5, 5.41) is 3.05. The van der Waals surface area contributed by atoms with Crippen LogP contribution in [-0.2, 0) is 4.79 Å². The van der Waals surface area contributed by atoms with E-state index < -0.39 is 0 Å². The van der Waals surface area contributed by atoms with Gasteiger partial charge < -0.3 is 10.2 Å². The highest BCUT2D eigenvalue weighted by Gasteiger charge is 2.26. The zero-order valence-electron chi connectivity index (χ0n) is 16.2. The van der Waals surface area contributed by atoms with E-state index in [4.69, 9.17) is 0 Å². The largest absolute Gasteiger partial charge is 0.356 e. The molecule has 1 amide bonds. The molecule has 1 aromatic carbocycles. The fourth-order valence-corrected chi connectivity index (χ4v) is 3.60. The number of rotatable bonds is 4. The van der Waals surface area contributed by atoms with E-state index >= 15 is 0 Å². The summed E-state index contributed by atoms with van der Waals surface area (Å²) >= 11 is 0. The maximum absolute atomic E-state index is 12.6. The lowest BCUT2D eigenvalue weighted by Gasteiger charge is -2.32. The van der Waals surface area contributed by atoms with Crippen molar-refractivity contribution in [2.45, 2.75) is 26.7 Å². The molecule has 0 bridgehead atoms. The average molecular weight is 376 g/mol. The monoisotopic (exact) mass is 376 g/mol. The zero-order chi connectivity index (χ0) is 19.5. The lowest BCUT2D eigenvalue weighted by molar-refractivity contribution is -0.120. The summed E-state index contributed by atoms with van der Waals surface area (Å²) in [7, 11) is 0. The molecule has 0 unspecified atom stereocenters. The predicted molar refractivity (Wildman–Crippen MR) is 109 cm³/mol. The lowest BCUT2D eigenvalue weighted by Crippen LogP contribution is -2.38. The van der Waals surface area contributed by atoms with Gasteiger partial charge in [0.25, 0.3) is 0 Å². The predicted octanol–water partition coefficient (Wildman–Crippen LogP) is 3.13. The van der Waals surface area contributed by atoms with Crippen molar-refractivity contribution in [3.05, 3.63) is 60.4 Å². The summed E-state index contributed by atoms with van der Waals surface area (Å²) in [5.41, 5.74) is 2.00. The summed E-state index contributed by atoms with van der Waals surface area (Å²) in [6, 6.07) is 9.88. The van der Waals surface area contributed by atoms with Gasteiger partial charge in [0.05, 0.1) is 0 Å². The molecule has 0 saturated carbocycles. The number of benzene rings is 1. The Kier molecular flexibility index (Phi) is 5.06. The molecule has 1 aliphatic heterocycles. The normalized spacial score (nSPS) is 14.9. The molecule has 144 valence electrons. The second kappa shape index (κ2) is 7.80. The third-order valence-corrected chi connectivity index (χ3v) is 5.19. The van der Waals surface area contributed by atoms with Crippen LogP contribution in [0, 0.1) is 19.8 Å². The lowest BCUT2D eigenvalue weighted by atomic mass is 9.95. The summed E-state index contributed by atoms with van der Waals surface area (Å²) < 4.78 is 1.94. The number of nitrogens with zero attached hydrogens (tertiary/aromatic N) is 5. The van der Waals surface area contributed by atoms with Crippen molar-refractivity contribution in [3.8, 4) is 5.82 Å². The summed E-state index contributed by atoms with van der Waals surface area (Å²) in [6.07, 6.45) is 6.85. The highest BCUT2D eigenvalue weighted by atomic mass is 16.1. The van der Waals surface area contributed by atoms with Crippen LogP contribution in [0.3, 0.4) is 0 Å². The molecule has 0 aliphatic carbocycles. The van der Waals surface area contributed by atoms with Gasteiger partial charge in [0.15, 0.2) is 0 Å². The van der Waals surface area contributed by atoms with Crippen molar-refractivity contribution in [1.82, 2.24) is 19.5 Å². The van der Waals surface area contributed by atoms with Crippen LogP contribution in [0.2, 0.25) is 0 Å². The zero-order valence-corrected chi connectivity index (χ0v) is 16.2. The first kappa shape index (κ1) is 18.2. The SMILES string of the molecule is Cc1cccc(NC(=O)C2CCN(c3cc(-n4ccnc4C)ncn3)CC2)c1. The van der Waals surface area contributed by atoms with Crippen LogP contribution in [0.1, 0.15) is 24.2 Å². The minimum Gasteiger partial charge on any atom is -0.356 e. The van der Waals surface area contributed by atoms with E-state index in [-0.39, 0.29) is 11.8 Å². The number of imidazole rings is 1. The van der Waals surface area contributed by atoms with E-state index in [0.717, 1.165) is 54.6 Å². The molecule has 28 heavy (non-hydrogen) atoms. The van der Waals surface area contributed by atoms with E-state index in [1.165, 1.54) is 0 Å². The Morgan fingerprint density at radius 3 is 2.57 bits per heavy atom. The minimum absolute atomic E-state index is 0.0222. The van der Waals surface area contributed by atoms with Crippen molar-refractivity contribution in [2.75, 3.05) is 23.3 Å². The smallest absolute Gasteiger partial charge is 0.227 e. The maximum atomic E-state index is 12.6. The van der Waals surface area contributed by atoms with E-state index in [0.29, 0.717) is 0 Å². The van der Waals surface area contributed by atoms with Crippen LogP contribution in [-0.4, -0.2) is 38.5 Å². The second-order valence-electron chi connectivity index (χ2n) is 7.20. The molecule has 1 fully saturated rings. The molecule has 7 nitrogen and oxygen atoms in total. The molecular weight excluding hydrogens is 352 g/mol. The molecule has 2 aromatic heterocycles. The summed E-state index contributed by atoms with van der Waals surface area (Å²) in [5.74, 6) is 2.70. The number of aryl methyl sites for hydroxylation is 2. The van der Waals surface area contributed by atoms with Crippen LogP contribution < -0.4 is 10.2 Å². The number of carbonyl (C=O) groups is 1. The van der Waals surface area contributed by atoms with Gasteiger partial charge in [-0.2, -0.15) is 0 Å². The number of piperidine rings is 1. The van der Waals surface area contributed by atoms with Gasteiger partial charge in [0, 0.05) is 43.2 Å². The highest BCUT2D eigenvalue weighted by molar-refractivity contribution is 5.92. The van der Waals surface area contributed by atoms with Crippen molar-refractivity contribution < 1.29 is 4.79 Å². The van der Waals surface area contributed by atoms with Crippen molar-refractivity contribution >= 4 is 17.4 Å². The quantitative estimate of drug-likeness (QED) is 0.757. The fraction of sp³-hybridized carbons (Fsp3) is 0.333. The number of hydrogen-bond acceptors (Lipinski definition) is 5. The molecule has 1 aliphatic rings. The van der Waals surface area contributed by atoms with Gasteiger partial charge in [-0.05, 0) is 44.4 Å². The Morgan fingerprint density at radius 2 is 1.86 bits per heavy atom. The first-order chi connectivity index (χ1) is 13.6. The Labute approximate surface area is 164 Å². The average Bonchev–Trinajstić information content (AvgIpc) is 3.14. The number of anilines is 2. The number of aromatic nitrogens is 4. The molecule has 0 spiro atoms. The van der Waals surface area contributed by atoms with Crippen molar-refractivity contribution in [2.24, 2.45) is 5.92 Å². The first-order valence-corrected chi connectivity index (χ1v) is 9.55. The molecule has 1 N–H and O–H groups in total. The van der Waals surface area contributed by atoms with Gasteiger partial charge >= 0.3 is 0 Å². The number of nitrogens with one attached hydrogen (secondary N) is 1. The minimum atomic E-state index is 0.0222. The van der Waals surface area contributed by atoms with Gasteiger partial charge in [-0.3, -0.25) is 9.36 Å². The van der Waals surface area contributed by atoms with Gasteiger partial charge in [-0.15, -0.1) is 0 Å². The highest BCUT2D eigenvalue weighted by Crippen LogP contribution is 2.24. The fourth-order valence-electron chi connectivity index (χ4n) is 3.60. The Bertz CT molecular complexity index is 974. The standard InChI is InChI=1S/C21H24N6O/c1-15-4-3-5-18(12-15)25-21(28)17-6-9-26(10-7-17)19-13-20(24-14-23-19)27-11-8-22-16(27)2/h3-5,8,11-14,17H,6-7,9-10H2,1-2H3,(H,25,28).